The number of anilines is 1. The first kappa shape index (κ1) is 18.1. The number of aromatic nitrogens is 3. The molecule has 4 rings (SSSR count). The Morgan fingerprint density at radius 2 is 2.00 bits per heavy atom. The van der Waals surface area contributed by atoms with Gasteiger partial charge in [-0.05, 0) is 49.3 Å². The van der Waals surface area contributed by atoms with Crippen LogP contribution in [0.2, 0.25) is 0 Å². The van der Waals surface area contributed by atoms with E-state index in [0.29, 0.717) is 6.42 Å². The molecule has 0 spiro atoms. The number of hydrogen-bond acceptors (Lipinski definition) is 4. The van der Waals surface area contributed by atoms with Gasteiger partial charge >= 0.3 is 0 Å². The van der Waals surface area contributed by atoms with Crippen molar-refractivity contribution in [2.24, 2.45) is 0 Å². The van der Waals surface area contributed by atoms with Crippen molar-refractivity contribution < 1.29 is 4.79 Å². The lowest BCUT2D eigenvalue weighted by atomic mass is 10.1. The average Bonchev–Trinajstić information content (AvgIpc) is 3.26. The molecular weight excluding hydrogens is 368 g/mol. The van der Waals surface area contributed by atoms with E-state index in [-0.39, 0.29) is 5.91 Å². The summed E-state index contributed by atoms with van der Waals surface area (Å²) in [5, 5.41) is 11.5. The number of rotatable bonds is 5. The van der Waals surface area contributed by atoms with Crippen LogP contribution in [-0.4, -0.2) is 21.1 Å². The molecule has 2 heterocycles. The van der Waals surface area contributed by atoms with Crippen LogP contribution in [0, 0.1) is 13.8 Å². The van der Waals surface area contributed by atoms with Crippen LogP contribution in [-0.2, 0) is 11.2 Å². The third-order valence-corrected chi connectivity index (χ3v) is 5.49. The van der Waals surface area contributed by atoms with Crippen molar-refractivity contribution in [3.63, 3.8) is 0 Å². The van der Waals surface area contributed by atoms with Crippen molar-refractivity contribution in [1.29, 1.82) is 0 Å². The maximum Gasteiger partial charge on any atom is 0.228 e. The second-order valence-electron chi connectivity index (χ2n) is 6.67. The van der Waals surface area contributed by atoms with Gasteiger partial charge in [0.15, 0.2) is 0 Å². The number of H-pyrrole nitrogens is 1. The summed E-state index contributed by atoms with van der Waals surface area (Å²) < 4.78 is 0. The van der Waals surface area contributed by atoms with Gasteiger partial charge in [0.05, 0.1) is 28.8 Å². The summed E-state index contributed by atoms with van der Waals surface area (Å²) in [6, 6.07) is 13.7. The minimum atomic E-state index is -0.0329. The van der Waals surface area contributed by atoms with Gasteiger partial charge in [-0.3, -0.25) is 9.89 Å². The Hall–Kier alpha value is -3.25. The molecule has 2 aromatic carbocycles. The average molecular weight is 388 g/mol. The molecule has 2 aromatic heterocycles. The number of aryl methyl sites for hydroxylation is 2. The number of amides is 1. The van der Waals surface area contributed by atoms with Gasteiger partial charge in [0, 0.05) is 16.0 Å². The Bertz CT molecular complexity index is 1160. The smallest absolute Gasteiger partial charge is 0.228 e. The third kappa shape index (κ3) is 3.87. The molecule has 0 fully saturated rings. The van der Waals surface area contributed by atoms with E-state index in [0.717, 1.165) is 44.0 Å². The fourth-order valence-electron chi connectivity index (χ4n) is 3.06. The number of benzene rings is 2. The Morgan fingerprint density at radius 1 is 1.18 bits per heavy atom. The molecule has 0 aliphatic heterocycles. The van der Waals surface area contributed by atoms with Crippen molar-refractivity contribution in [3.05, 3.63) is 75.4 Å². The highest BCUT2D eigenvalue weighted by molar-refractivity contribution is 7.10. The first-order chi connectivity index (χ1) is 13.6. The molecule has 140 valence electrons. The molecule has 0 aliphatic rings. The second kappa shape index (κ2) is 7.78. The molecule has 0 atom stereocenters. The standard InChI is InChI=1S/C22H20N4OS/c1-14-10-20-17(18(25-26-20)8-9-21-15(2)23-13-28-21)12-19(14)24-22(27)11-16-6-4-3-5-7-16/h3-10,12-13H,11H2,1-2H3,(H,24,27)(H,25,26)/b9-8+. The molecular formula is C22H20N4OS. The van der Waals surface area contributed by atoms with E-state index in [4.69, 9.17) is 0 Å². The van der Waals surface area contributed by atoms with Gasteiger partial charge in [-0.2, -0.15) is 5.10 Å². The Morgan fingerprint density at radius 3 is 2.75 bits per heavy atom. The largest absolute Gasteiger partial charge is 0.326 e. The van der Waals surface area contributed by atoms with Gasteiger partial charge in [0.1, 0.15) is 0 Å². The predicted octanol–water partition coefficient (Wildman–Crippen LogP) is 4.99. The zero-order valence-corrected chi connectivity index (χ0v) is 16.5. The monoisotopic (exact) mass is 388 g/mol. The lowest BCUT2D eigenvalue weighted by Crippen LogP contribution is -2.15. The molecule has 2 N–H and O–H groups in total. The summed E-state index contributed by atoms with van der Waals surface area (Å²) >= 11 is 1.60. The van der Waals surface area contributed by atoms with Crippen LogP contribution in [0.15, 0.2) is 48.0 Å². The van der Waals surface area contributed by atoms with Crippen LogP contribution in [0.5, 0.6) is 0 Å². The minimum Gasteiger partial charge on any atom is -0.326 e. The highest BCUT2D eigenvalue weighted by atomic mass is 32.1. The second-order valence-corrected chi connectivity index (χ2v) is 7.55. The first-order valence-corrected chi connectivity index (χ1v) is 9.89. The van der Waals surface area contributed by atoms with Crippen molar-refractivity contribution in [2.75, 3.05) is 5.32 Å². The number of aromatic amines is 1. The van der Waals surface area contributed by atoms with E-state index in [9.17, 15) is 4.79 Å². The third-order valence-electron chi connectivity index (χ3n) is 4.59. The summed E-state index contributed by atoms with van der Waals surface area (Å²) in [7, 11) is 0. The number of nitrogens with one attached hydrogen (secondary N) is 2. The van der Waals surface area contributed by atoms with E-state index in [1.165, 1.54) is 0 Å². The van der Waals surface area contributed by atoms with Crippen LogP contribution < -0.4 is 5.32 Å². The molecule has 1 amide bonds. The summed E-state index contributed by atoms with van der Waals surface area (Å²) in [6.45, 7) is 3.97. The van der Waals surface area contributed by atoms with Crippen molar-refractivity contribution in [3.8, 4) is 0 Å². The van der Waals surface area contributed by atoms with Crippen molar-refractivity contribution in [1.82, 2.24) is 15.2 Å². The van der Waals surface area contributed by atoms with E-state index >= 15 is 0 Å². The minimum absolute atomic E-state index is 0.0329. The van der Waals surface area contributed by atoms with Gasteiger partial charge in [0.2, 0.25) is 5.91 Å². The van der Waals surface area contributed by atoms with Gasteiger partial charge in [-0.25, -0.2) is 4.98 Å². The Labute approximate surface area is 167 Å². The maximum atomic E-state index is 12.5. The van der Waals surface area contributed by atoms with Gasteiger partial charge in [-0.15, -0.1) is 11.3 Å². The summed E-state index contributed by atoms with van der Waals surface area (Å²) in [6.07, 6.45) is 4.35. The van der Waals surface area contributed by atoms with Crippen molar-refractivity contribution >= 4 is 46.0 Å². The van der Waals surface area contributed by atoms with Crippen LogP contribution in [0.25, 0.3) is 23.1 Å². The number of carbonyl (C=O) groups is 1. The van der Waals surface area contributed by atoms with E-state index in [1.54, 1.807) is 11.3 Å². The van der Waals surface area contributed by atoms with Crippen LogP contribution >= 0.6 is 11.3 Å². The molecule has 0 saturated carbocycles. The van der Waals surface area contributed by atoms with Crippen LogP contribution in [0.3, 0.4) is 0 Å². The van der Waals surface area contributed by atoms with E-state index in [2.05, 4.69) is 20.5 Å². The molecule has 28 heavy (non-hydrogen) atoms. The molecule has 0 bridgehead atoms. The van der Waals surface area contributed by atoms with Crippen molar-refractivity contribution in [2.45, 2.75) is 20.3 Å². The maximum absolute atomic E-state index is 12.5. The normalized spacial score (nSPS) is 11.4. The van der Waals surface area contributed by atoms with E-state index < -0.39 is 0 Å². The topological polar surface area (TPSA) is 70.7 Å². The van der Waals surface area contributed by atoms with Gasteiger partial charge < -0.3 is 5.32 Å². The molecule has 0 radical (unpaired) electrons. The van der Waals surface area contributed by atoms with Crippen LogP contribution in [0.4, 0.5) is 5.69 Å². The predicted molar refractivity (Wildman–Crippen MR) is 115 cm³/mol. The Balaban J connectivity index is 1.59. The molecule has 4 aromatic rings. The fraction of sp³-hybridized carbons (Fsp3) is 0.136. The molecule has 0 unspecified atom stereocenters. The van der Waals surface area contributed by atoms with Gasteiger partial charge in [0.25, 0.3) is 0 Å². The highest BCUT2D eigenvalue weighted by Crippen LogP contribution is 2.26. The number of carbonyl (C=O) groups excluding carboxylic acids is 1. The molecule has 6 heteroatoms. The SMILES string of the molecule is Cc1cc2[nH]nc(/C=C/c3scnc3C)c2cc1NC(=O)Cc1ccccc1. The molecule has 5 nitrogen and oxygen atoms in total. The lowest BCUT2D eigenvalue weighted by molar-refractivity contribution is -0.115. The quantitative estimate of drug-likeness (QED) is 0.506. The summed E-state index contributed by atoms with van der Waals surface area (Å²) in [5.41, 5.74) is 7.41. The zero-order valence-electron chi connectivity index (χ0n) is 15.7. The number of fused-ring (bicyclic) bond motifs is 1. The highest BCUT2D eigenvalue weighted by Gasteiger charge is 2.11. The molecule has 0 aliphatic carbocycles. The first-order valence-electron chi connectivity index (χ1n) is 9.01. The lowest BCUT2D eigenvalue weighted by Gasteiger charge is -2.09. The fourth-order valence-corrected chi connectivity index (χ4v) is 3.75. The Kier molecular flexibility index (Phi) is 5.04. The molecule has 0 saturated heterocycles. The van der Waals surface area contributed by atoms with E-state index in [1.807, 2.05) is 74.0 Å². The van der Waals surface area contributed by atoms with Gasteiger partial charge in [-0.1, -0.05) is 30.3 Å². The summed E-state index contributed by atoms with van der Waals surface area (Å²) in [4.78, 5) is 17.8. The number of nitrogens with zero attached hydrogens (tertiary/aromatic N) is 2. The zero-order chi connectivity index (χ0) is 19.5. The summed E-state index contributed by atoms with van der Waals surface area (Å²) in [5.74, 6) is -0.0329. The number of hydrogen-bond donors (Lipinski definition) is 2. The number of thiazole rings is 1. The van der Waals surface area contributed by atoms with Crippen LogP contribution in [0.1, 0.15) is 27.4 Å².